The number of hydrogen-bond acceptors (Lipinski definition) is 3. The van der Waals surface area contributed by atoms with Crippen molar-refractivity contribution >= 4 is 47.4 Å². The second-order valence-corrected chi connectivity index (χ2v) is 5.17. The smallest absolute Gasteiger partial charge is 0.239 e. The summed E-state index contributed by atoms with van der Waals surface area (Å²) in [5.41, 5.74) is 1.07. The molecule has 1 aromatic carbocycles. The molecule has 0 saturated heterocycles. The van der Waals surface area contributed by atoms with E-state index in [9.17, 15) is 4.79 Å². The van der Waals surface area contributed by atoms with E-state index in [0.29, 0.717) is 30.7 Å². The summed E-state index contributed by atoms with van der Waals surface area (Å²) in [5.74, 6) is 0.538. The van der Waals surface area contributed by atoms with E-state index < -0.39 is 0 Å². The molecule has 0 bridgehead atoms. The van der Waals surface area contributed by atoms with Crippen LogP contribution in [-0.2, 0) is 16.1 Å². The van der Waals surface area contributed by atoms with Gasteiger partial charge in [0.05, 0.1) is 13.2 Å². The van der Waals surface area contributed by atoms with Gasteiger partial charge in [0.25, 0.3) is 0 Å². The van der Waals surface area contributed by atoms with Crippen molar-refractivity contribution in [3.63, 3.8) is 0 Å². The van der Waals surface area contributed by atoms with Gasteiger partial charge in [-0.3, -0.25) is 9.79 Å². The Labute approximate surface area is 159 Å². The molecule has 1 aromatic rings. The second-order valence-electron chi connectivity index (χ2n) is 4.73. The van der Waals surface area contributed by atoms with Crippen molar-refractivity contribution in [2.24, 2.45) is 4.99 Å². The van der Waals surface area contributed by atoms with Crippen molar-refractivity contribution < 1.29 is 9.53 Å². The molecular weight excluding hydrogens is 431 g/mol. The molecule has 0 aliphatic rings. The van der Waals surface area contributed by atoms with E-state index in [2.05, 4.69) is 15.6 Å². The van der Waals surface area contributed by atoms with Crippen molar-refractivity contribution in [1.82, 2.24) is 15.5 Å². The summed E-state index contributed by atoms with van der Waals surface area (Å²) in [4.78, 5) is 17.7. The van der Waals surface area contributed by atoms with Crippen molar-refractivity contribution in [2.75, 3.05) is 40.9 Å². The number of guanidine groups is 1. The topological polar surface area (TPSA) is 66.0 Å². The van der Waals surface area contributed by atoms with E-state index in [-0.39, 0.29) is 36.4 Å². The average molecular weight is 455 g/mol. The SMILES string of the molecule is CN=C(NCC(=O)NCCOC)N(C)Cc1cccc(Cl)c1.I. The van der Waals surface area contributed by atoms with Crippen LogP contribution in [0.15, 0.2) is 29.3 Å². The highest BCUT2D eigenvalue weighted by molar-refractivity contribution is 14.0. The first-order valence-corrected chi connectivity index (χ1v) is 7.36. The van der Waals surface area contributed by atoms with E-state index in [4.69, 9.17) is 16.3 Å². The number of hydrogen-bond donors (Lipinski definition) is 2. The molecule has 0 aliphatic heterocycles. The van der Waals surface area contributed by atoms with Crippen molar-refractivity contribution in [3.8, 4) is 0 Å². The van der Waals surface area contributed by atoms with Crippen LogP contribution in [0, 0.1) is 0 Å². The minimum Gasteiger partial charge on any atom is -0.383 e. The first kappa shape index (κ1) is 21.9. The van der Waals surface area contributed by atoms with Gasteiger partial charge < -0.3 is 20.3 Å². The van der Waals surface area contributed by atoms with Crippen LogP contribution in [0.25, 0.3) is 0 Å². The summed E-state index contributed by atoms with van der Waals surface area (Å²) in [6.07, 6.45) is 0. The van der Waals surface area contributed by atoms with Gasteiger partial charge in [-0.2, -0.15) is 0 Å². The number of methoxy groups -OCH3 is 1. The Kier molecular flexibility index (Phi) is 11.8. The van der Waals surface area contributed by atoms with Crippen LogP contribution in [0.4, 0.5) is 0 Å². The normalized spacial score (nSPS) is 10.7. The molecule has 0 saturated carbocycles. The molecule has 0 fully saturated rings. The van der Waals surface area contributed by atoms with Crippen molar-refractivity contribution in [1.29, 1.82) is 0 Å². The maximum atomic E-state index is 11.6. The van der Waals surface area contributed by atoms with Gasteiger partial charge in [0.15, 0.2) is 5.96 Å². The molecular formula is C15H24ClIN4O2. The summed E-state index contributed by atoms with van der Waals surface area (Å²) in [7, 11) is 5.18. The molecule has 2 N–H and O–H groups in total. The molecule has 0 spiro atoms. The fourth-order valence-electron chi connectivity index (χ4n) is 1.88. The predicted octanol–water partition coefficient (Wildman–Crippen LogP) is 1.73. The van der Waals surface area contributed by atoms with Crippen LogP contribution in [0.3, 0.4) is 0 Å². The number of amides is 1. The number of ether oxygens (including phenoxy) is 1. The molecule has 6 nitrogen and oxygen atoms in total. The fraction of sp³-hybridized carbons (Fsp3) is 0.467. The number of carbonyl (C=O) groups is 1. The van der Waals surface area contributed by atoms with Gasteiger partial charge >= 0.3 is 0 Å². The Morgan fingerprint density at radius 3 is 2.74 bits per heavy atom. The van der Waals surface area contributed by atoms with E-state index in [1.165, 1.54) is 0 Å². The standard InChI is InChI=1S/C15H23ClN4O2.HI/c1-17-15(19-10-14(21)18-7-8-22-3)20(2)11-12-5-4-6-13(16)9-12;/h4-6,9H,7-8,10-11H2,1-3H3,(H,17,19)(H,18,21);1H. The molecule has 0 aliphatic carbocycles. The first-order chi connectivity index (χ1) is 10.6. The lowest BCUT2D eigenvalue weighted by Gasteiger charge is -2.22. The van der Waals surface area contributed by atoms with E-state index in [1.807, 2.05) is 36.2 Å². The van der Waals surface area contributed by atoms with Gasteiger partial charge in [-0.15, -0.1) is 24.0 Å². The number of aliphatic imine (C=N–C) groups is 1. The maximum Gasteiger partial charge on any atom is 0.239 e. The van der Waals surface area contributed by atoms with Crippen LogP contribution >= 0.6 is 35.6 Å². The zero-order chi connectivity index (χ0) is 16.4. The Bertz CT molecular complexity index is 514. The van der Waals surface area contributed by atoms with Gasteiger partial charge in [-0.05, 0) is 17.7 Å². The molecule has 1 amide bonds. The molecule has 0 unspecified atom stereocenters. The Morgan fingerprint density at radius 1 is 1.39 bits per heavy atom. The minimum atomic E-state index is -0.102. The van der Waals surface area contributed by atoms with Gasteiger partial charge in [0, 0.05) is 39.3 Å². The van der Waals surface area contributed by atoms with E-state index >= 15 is 0 Å². The quantitative estimate of drug-likeness (QED) is 0.285. The van der Waals surface area contributed by atoms with E-state index in [1.54, 1.807) is 14.2 Å². The van der Waals surface area contributed by atoms with Crippen LogP contribution in [0.1, 0.15) is 5.56 Å². The Morgan fingerprint density at radius 2 is 2.13 bits per heavy atom. The second kappa shape index (κ2) is 12.4. The van der Waals surface area contributed by atoms with E-state index in [0.717, 1.165) is 5.56 Å². The molecule has 0 radical (unpaired) electrons. The lowest BCUT2D eigenvalue weighted by Crippen LogP contribution is -2.44. The lowest BCUT2D eigenvalue weighted by molar-refractivity contribution is -0.120. The number of carbonyl (C=O) groups excluding carboxylic acids is 1. The molecule has 130 valence electrons. The molecule has 0 aromatic heterocycles. The monoisotopic (exact) mass is 454 g/mol. The highest BCUT2D eigenvalue weighted by atomic mass is 127. The number of nitrogens with one attached hydrogen (secondary N) is 2. The molecule has 1 rings (SSSR count). The van der Waals surface area contributed by atoms with Crippen LogP contribution in [0.5, 0.6) is 0 Å². The summed E-state index contributed by atoms with van der Waals surface area (Å²) in [6, 6.07) is 7.64. The van der Waals surface area contributed by atoms with Crippen molar-refractivity contribution in [2.45, 2.75) is 6.54 Å². The predicted molar refractivity (Wildman–Crippen MR) is 105 cm³/mol. The largest absolute Gasteiger partial charge is 0.383 e. The third-order valence-electron chi connectivity index (χ3n) is 2.92. The summed E-state index contributed by atoms with van der Waals surface area (Å²) >= 11 is 5.98. The zero-order valence-electron chi connectivity index (χ0n) is 13.6. The third kappa shape index (κ3) is 8.97. The number of rotatable bonds is 7. The summed E-state index contributed by atoms with van der Waals surface area (Å²) in [6.45, 7) is 1.80. The Balaban J connectivity index is 0.00000484. The fourth-order valence-corrected chi connectivity index (χ4v) is 2.10. The maximum absolute atomic E-state index is 11.6. The van der Waals surface area contributed by atoms with Crippen LogP contribution in [0.2, 0.25) is 5.02 Å². The summed E-state index contributed by atoms with van der Waals surface area (Å²) in [5, 5.41) is 6.46. The highest BCUT2D eigenvalue weighted by Crippen LogP contribution is 2.12. The molecule has 8 heteroatoms. The number of halogens is 2. The molecule has 0 heterocycles. The van der Waals surface area contributed by atoms with Gasteiger partial charge in [-0.1, -0.05) is 23.7 Å². The van der Waals surface area contributed by atoms with Gasteiger partial charge in [-0.25, -0.2) is 0 Å². The first-order valence-electron chi connectivity index (χ1n) is 6.98. The molecule has 23 heavy (non-hydrogen) atoms. The highest BCUT2D eigenvalue weighted by Gasteiger charge is 2.08. The number of nitrogens with zero attached hydrogens (tertiary/aromatic N) is 2. The third-order valence-corrected chi connectivity index (χ3v) is 3.15. The van der Waals surface area contributed by atoms with Gasteiger partial charge in [0.2, 0.25) is 5.91 Å². The summed E-state index contributed by atoms with van der Waals surface area (Å²) < 4.78 is 4.88. The van der Waals surface area contributed by atoms with Crippen molar-refractivity contribution in [3.05, 3.63) is 34.9 Å². The van der Waals surface area contributed by atoms with Crippen LogP contribution < -0.4 is 10.6 Å². The lowest BCUT2D eigenvalue weighted by atomic mass is 10.2. The molecule has 0 atom stereocenters. The van der Waals surface area contributed by atoms with Crippen LogP contribution in [-0.4, -0.2) is 57.7 Å². The Hall–Kier alpha value is -1.06. The van der Waals surface area contributed by atoms with Gasteiger partial charge in [0.1, 0.15) is 0 Å². The zero-order valence-corrected chi connectivity index (χ0v) is 16.7. The number of benzene rings is 1. The minimum absolute atomic E-state index is 0. The average Bonchev–Trinajstić information content (AvgIpc) is 2.48.